The standard InChI is InChI=1S/C32H40ClN3O5S/c1-7-27(31(38)34-32(4,5)6)35(21-24-13-11-12-23(3)20-24)30(37)22-36(28-14-9-10-15-29(28)41-8-2)42(39,40)26-18-16-25(33)17-19-26/h9-20,27H,7-8,21-22H2,1-6H3,(H,34,38)/t27-/m0/s1. The van der Waals surface area contributed by atoms with Crippen molar-refractivity contribution < 1.29 is 22.7 Å². The highest BCUT2D eigenvalue weighted by Crippen LogP contribution is 2.33. The van der Waals surface area contributed by atoms with E-state index in [4.69, 9.17) is 16.3 Å². The van der Waals surface area contributed by atoms with Gasteiger partial charge in [-0.25, -0.2) is 8.42 Å². The maximum Gasteiger partial charge on any atom is 0.264 e. The number of carbonyl (C=O) groups is 2. The van der Waals surface area contributed by atoms with Crippen LogP contribution in [0.3, 0.4) is 0 Å². The Morgan fingerprint density at radius 2 is 1.64 bits per heavy atom. The lowest BCUT2D eigenvalue weighted by Crippen LogP contribution is -2.55. The average molecular weight is 614 g/mol. The molecule has 1 N–H and O–H groups in total. The number of carbonyl (C=O) groups excluding carboxylic acids is 2. The first-order valence-electron chi connectivity index (χ1n) is 13.9. The van der Waals surface area contributed by atoms with Crippen LogP contribution in [0.4, 0.5) is 5.69 Å². The van der Waals surface area contributed by atoms with E-state index in [1.165, 1.54) is 29.2 Å². The minimum atomic E-state index is -4.25. The monoisotopic (exact) mass is 613 g/mol. The Labute approximate surface area is 254 Å². The number of para-hydroxylation sites is 2. The van der Waals surface area contributed by atoms with E-state index in [0.29, 0.717) is 23.8 Å². The zero-order valence-corrected chi connectivity index (χ0v) is 26.6. The van der Waals surface area contributed by atoms with Crippen LogP contribution in [0.2, 0.25) is 5.02 Å². The Balaban J connectivity index is 2.13. The van der Waals surface area contributed by atoms with Crippen molar-refractivity contribution in [3.05, 3.63) is 88.9 Å². The average Bonchev–Trinajstić information content (AvgIpc) is 2.91. The Morgan fingerprint density at radius 1 is 0.976 bits per heavy atom. The molecule has 0 saturated heterocycles. The first-order chi connectivity index (χ1) is 19.8. The number of aryl methyl sites for hydroxylation is 1. The number of ether oxygens (including phenoxy) is 1. The lowest BCUT2D eigenvalue weighted by Gasteiger charge is -2.35. The largest absolute Gasteiger partial charge is 0.492 e. The van der Waals surface area contributed by atoms with Gasteiger partial charge in [0.25, 0.3) is 10.0 Å². The summed E-state index contributed by atoms with van der Waals surface area (Å²) in [4.78, 5) is 29.2. The first-order valence-corrected chi connectivity index (χ1v) is 15.8. The summed E-state index contributed by atoms with van der Waals surface area (Å²) in [7, 11) is -4.25. The van der Waals surface area contributed by atoms with E-state index < -0.39 is 34.1 Å². The summed E-state index contributed by atoms with van der Waals surface area (Å²) < 4.78 is 35.0. The summed E-state index contributed by atoms with van der Waals surface area (Å²) in [5.41, 5.74) is 1.52. The van der Waals surface area contributed by atoms with Crippen LogP contribution in [-0.4, -0.2) is 49.9 Å². The van der Waals surface area contributed by atoms with E-state index in [1.807, 2.05) is 58.9 Å². The van der Waals surface area contributed by atoms with Crippen molar-refractivity contribution in [3.63, 3.8) is 0 Å². The smallest absolute Gasteiger partial charge is 0.264 e. The molecule has 3 rings (SSSR count). The molecule has 0 bridgehead atoms. The fourth-order valence-corrected chi connectivity index (χ4v) is 6.12. The van der Waals surface area contributed by atoms with Gasteiger partial charge in [0.15, 0.2) is 0 Å². The summed E-state index contributed by atoms with van der Waals surface area (Å²) in [5.74, 6) is -0.530. The van der Waals surface area contributed by atoms with E-state index in [9.17, 15) is 18.0 Å². The van der Waals surface area contributed by atoms with Crippen LogP contribution in [0.5, 0.6) is 5.75 Å². The van der Waals surface area contributed by atoms with Crippen molar-refractivity contribution in [1.82, 2.24) is 10.2 Å². The SMILES string of the molecule is CCOc1ccccc1N(CC(=O)N(Cc1cccc(C)c1)[C@@H](CC)C(=O)NC(C)(C)C)S(=O)(=O)c1ccc(Cl)cc1. The van der Waals surface area contributed by atoms with Crippen LogP contribution in [0.25, 0.3) is 0 Å². The molecule has 0 aliphatic carbocycles. The van der Waals surface area contributed by atoms with Crippen LogP contribution in [0.1, 0.15) is 52.2 Å². The number of anilines is 1. The lowest BCUT2D eigenvalue weighted by atomic mass is 10.0. The molecule has 0 spiro atoms. The predicted octanol–water partition coefficient (Wildman–Crippen LogP) is 5.96. The molecule has 3 aromatic rings. The second-order valence-corrected chi connectivity index (χ2v) is 13.3. The van der Waals surface area contributed by atoms with Gasteiger partial charge in [-0.05, 0) is 83.0 Å². The zero-order chi connectivity index (χ0) is 31.1. The maximum absolute atomic E-state index is 14.3. The molecule has 42 heavy (non-hydrogen) atoms. The van der Waals surface area contributed by atoms with E-state index >= 15 is 0 Å². The van der Waals surface area contributed by atoms with Crippen molar-refractivity contribution in [2.75, 3.05) is 17.5 Å². The molecule has 0 fully saturated rings. The minimum absolute atomic E-state index is 0.0336. The Bertz CT molecular complexity index is 1490. The van der Waals surface area contributed by atoms with Gasteiger partial charge in [0.2, 0.25) is 11.8 Å². The molecule has 2 amide bonds. The quantitative estimate of drug-likeness (QED) is 0.272. The number of nitrogens with zero attached hydrogens (tertiary/aromatic N) is 2. The van der Waals surface area contributed by atoms with Crippen LogP contribution < -0.4 is 14.4 Å². The third-order valence-corrected chi connectivity index (χ3v) is 8.46. The minimum Gasteiger partial charge on any atom is -0.492 e. The van der Waals surface area contributed by atoms with Gasteiger partial charge in [-0.15, -0.1) is 0 Å². The summed E-state index contributed by atoms with van der Waals surface area (Å²) in [6, 6.07) is 19.3. The summed E-state index contributed by atoms with van der Waals surface area (Å²) in [6.07, 6.45) is 0.332. The maximum atomic E-state index is 14.3. The normalized spacial score (nSPS) is 12.4. The number of rotatable bonds is 12. The molecule has 8 nitrogen and oxygen atoms in total. The number of amides is 2. The Morgan fingerprint density at radius 3 is 2.24 bits per heavy atom. The summed E-state index contributed by atoms with van der Waals surface area (Å²) >= 11 is 6.04. The first kappa shape index (κ1) is 32.9. The van der Waals surface area contributed by atoms with Crippen molar-refractivity contribution >= 4 is 39.1 Å². The van der Waals surface area contributed by atoms with E-state index in [-0.39, 0.29) is 23.0 Å². The molecule has 10 heteroatoms. The van der Waals surface area contributed by atoms with E-state index in [2.05, 4.69) is 5.32 Å². The number of hydrogen-bond acceptors (Lipinski definition) is 5. The molecular formula is C32H40ClN3O5S. The van der Waals surface area contributed by atoms with Crippen molar-refractivity contribution in [3.8, 4) is 5.75 Å². The molecule has 0 heterocycles. The highest BCUT2D eigenvalue weighted by molar-refractivity contribution is 7.92. The van der Waals surface area contributed by atoms with Gasteiger partial charge in [0.1, 0.15) is 18.3 Å². The lowest BCUT2D eigenvalue weighted by molar-refractivity contribution is -0.141. The fraction of sp³-hybridized carbons (Fsp3) is 0.375. The molecule has 0 aromatic heterocycles. The molecule has 1 atom stereocenters. The van der Waals surface area contributed by atoms with Crippen LogP contribution in [-0.2, 0) is 26.2 Å². The molecule has 0 aliphatic rings. The third-order valence-electron chi connectivity index (χ3n) is 6.43. The second-order valence-electron chi connectivity index (χ2n) is 11.0. The van der Waals surface area contributed by atoms with Crippen molar-refractivity contribution in [2.24, 2.45) is 0 Å². The van der Waals surface area contributed by atoms with Crippen LogP contribution in [0.15, 0.2) is 77.7 Å². The third kappa shape index (κ3) is 8.49. The highest BCUT2D eigenvalue weighted by atomic mass is 35.5. The van der Waals surface area contributed by atoms with Gasteiger partial charge in [0, 0.05) is 17.1 Å². The molecule has 3 aromatic carbocycles. The van der Waals surface area contributed by atoms with Gasteiger partial charge in [-0.1, -0.05) is 60.5 Å². The predicted molar refractivity (Wildman–Crippen MR) is 167 cm³/mol. The molecule has 0 unspecified atom stereocenters. The summed E-state index contributed by atoms with van der Waals surface area (Å²) in [5, 5.41) is 3.36. The Kier molecular flexibility index (Phi) is 11.0. The molecule has 226 valence electrons. The number of hydrogen-bond donors (Lipinski definition) is 1. The van der Waals surface area contributed by atoms with Gasteiger partial charge >= 0.3 is 0 Å². The highest BCUT2D eigenvalue weighted by Gasteiger charge is 2.35. The number of halogens is 1. The number of nitrogens with one attached hydrogen (secondary N) is 1. The topological polar surface area (TPSA) is 96.0 Å². The van der Waals surface area contributed by atoms with E-state index in [1.54, 1.807) is 31.2 Å². The Hall–Kier alpha value is -3.56. The van der Waals surface area contributed by atoms with Crippen LogP contribution in [0, 0.1) is 6.92 Å². The van der Waals surface area contributed by atoms with Gasteiger partial charge in [-0.2, -0.15) is 0 Å². The number of sulfonamides is 1. The second kappa shape index (κ2) is 14.1. The van der Waals surface area contributed by atoms with E-state index in [0.717, 1.165) is 15.4 Å². The van der Waals surface area contributed by atoms with Gasteiger partial charge < -0.3 is 15.0 Å². The molecule has 0 aliphatic heterocycles. The summed E-state index contributed by atoms with van der Waals surface area (Å²) in [6.45, 7) is 11.0. The zero-order valence-electron chi connectivity index (χ0n) is 25.1. The van der Waals surface area contributed by atoms with Gasteiger partial charge in [-0.3, -0.25) is 13.9 Å². The van der Waals surface area contributed by atoms with Gasteiger partial charge in [0.05, 0.1) is 17.2 Å². The molecular weight excluding hydrogens is 574 g/mol. The number of benzene rings is 3. The van der Waals surface area contributed by atoms with Crippen molar-refractivity contribution in [1.29, 1.82) is 0 Å². The van der Waals surface area contributed by atoms with Crippen LogP contribution >= 0.6 is 11.6 Å². The molecule has 0 saturated carbocycles. The fourth-order valence-electron chi connectivity index (χ4n) is 4.57. The molecule has 0 radical (unpaired) electrons. The van der Waals surface area contributed by atoms with Crippen molar-refractivity contribution in [2.45, 2.75) is 71.0 Å².